The third-order valence-corrected chi connectivity index (χ3v) is 5.32. The van der Waals surface area contributed by atoms with Gasteiger partial charge in [-0.2, -0.15) is 0 Å². The highest BCUT2D eigenvalue weighted by molar-refractivity contribution is 7.90. The zero-order valence-electron chi connectivity index (χ0n) is 18.2. The van der Waals surface area contributed by atoms with Crippen LogP contribution < -0.4 is 10.6 Å². The molecule has 0 aliphatic rings. The van der Waals surface area contributed by atoms with E-state index in [9.17, 15) is 8.42 Å². The molecule has 6 nitrogen and oxygen atoms in total. The molecule has 0 aromatic carbocycles. The Morgan fingerprint density at radius 2 is 1.69 bits per heavy atom. The molecule has 0 aromatic rings. The molecular formula is C19H42N4O2S. The predicted octanol–water partition coefficient (Wildman–Crippen LogP) is 2.51. The van der Waals surface area contributed by atoms with Crippen molar-refractivity contribution in [1.29, 1.82) is 0 Å². The van der Waals surface area contributed by atoms with Gasteiger partial charge in [0.15, 0.2) is 5.96 Å². The zero-order valence-corrected chi connectivity index (χ0v) is 19.0. The number of nitrogens with one attached hydrogen (secondary N) is 2. The molecule has 0 fully saturated rings. The minimum absolute atomic E-state index is 0.141. The first-order valence-electron chi connectivity index (χ1n) is 9.83. The molecule has 0 heterocycles. The molecule has 0 aliphatic carbocycles. The number of guanidine groups is 1. The van der Waals surface area contributed by atoms with Crippen molar-refractivity contribution in [2.75, 3.05) is 38.2 Å². The van der Waals surface area contributed by atoms with Gasteiger partial charge in [-0.05, 0) is 52.9 Å². The summed E-state index contributed by atoms with van der Waals surface area (Å²) in [7, 11) is -2.93. The van der Waals surface area contributed by atoms with Gasteiger partial charge in [-0.25, -0.2) is 8.42 Å². The summed E-state index contributed by atoms with van der Waals surface area (Å²) in [5.41, 5.74) is -0.141. The molecule has 0 unspecified atom stereocenters. The smallest absolute Gasteiger partial charge is 0.191 e. The van der Waals surface area contributed by atoms with Gasteiger partial charge in [0.2, 0.25) is 0 Å². The van der Waals surface area contributed by atoms with Crippen LogP contribution in [0.25, 0.3) is 0 Å². The van der Waals surface area contributed by atoms with E-state index in [0.29, 0.717) is 25.0 Å². The first kappa shape index (κ1) is 25.2. The summed E-state index contributed by atoms with van der Waals surface area (Å²) in [6.07, 6.45) is 2.96. The molecule has 156 valence electrons. The van der Waals surface area contributed by atoms with E-state index < -0.39 is 9.84 Å². The van der Waals surface area contributed by atoms with Crippen LogP contribution in [-0.2, 0) is 9.84 Å². The van der Waals surface area contributed by atoms with Gasteiger partial charge in [0.05, 0.1) is 5.75 Å². The number of aliphatic imine (C=N–C) groups is 1. The zero-order chi connectivity index (χ0) is 20.4. The summed E-state index contributed by atoms with van der Waals surface area (Å²) in [5.74, 6) is 1.01. The number of sulfone groups is 1. The molecule has 0 atom stereocenters. The van der Waals surface area contributed by atoms with Crippen molar-refractivity contribution in [1.82, 2.24) is 15.5 Å². The maximum absolute atomic E-state index is 11.4. The number of hydrogen-bond donors (Lipinski definition) is 2. The average molecular weight is 391 g/mol. The molecule has 0 bridgehead atoms. The van der Waals surface area contributed by atoms with Crippen molar-refractivity contribution in [3.05, 3.63) is 0 Å². The number of hydrogen-bond acceptors (Lipinski definition) is 4. The monoisotopic (exact) mass is 390 g/mol. The maximum Gasteiger partial charge on any atom is 0.191 e. The van der Waals surface area contributed by atoms with Crippen molar-refractivity contribution >= 4 is 15.8 Å². The van der Waals surface area contributed by atoms with E-state index in [1.54, 1.807) is 0 Å². The van der Waals surface area contributed by atoms with Gasteiger partial charge >= 0.3 is 0 Å². The van der Waals surface area contributed by atoms with Crippen molar-refractivity contribution in [3.63, 3.8) is 0 Å². The Bertz CT molecular complexity index is 506. The fourth-order valence-electron chi connectivity index (χ4n) is 2.76. The third kappa shape index (κ3) is 12.5. The molecule has 2 N–H and O–H groups in total. The van der Waals surface area contributed by atoms with Crippen molar-refractivity contribution < 1.29 is 8.42 Å². The van der Waals surface area contributed by atoms with Crippen molar-refractivity contribution in [2.24, 2.45) is 10.4 Å². The number of rotatable bonds is 12. The minimum atomic E-state index is -2.93. The molecule has 0 aliphatic heterocycles. The first-order valence-corrected chi connectivity index (χ1v) is 11.9. The Kier molecular flexibility index (Phi) is 11.4. The highest BCUT2D eigenvalue weighted by atomic mass is 32.2. The fourth-order valence-corrected chi connectivity index (χ4v) is 3.68. The topological polar surface area (TPSA) is 73.8 Å². The molecule has 0 rings (SSSR count). The SMILES string of the molecule is CCNC(=NCC(C)(C)CCS(C)(=O)=O)NCCCN(C(C)C)C(C)C. The number of nitrogens with zero attached hydrogens (tertiary/aromatic N) is 2. The van der Waals surface area contributed by atoms with Gasteiger partial charge in [-0.1, -0.05) is 13.8 Å². The molecule has 0 aromatic heterocycles. The molecule has 26 heavy (non-hydrogen) atoms. The van der Waals surface area contributed by atoms with Crippen LogP contribution in [0, 0.1) is 5.41 Å². The summed E-state index contributed by atoms with van der Waals surface area (Å²) < 4.78 is 22.8. The summed E-state index contributed by atoms with van der Waals surface area (Å²) >= 11 is 0. The Labute approximate surface area is 162 Å². The Morgan fingerprint density at radius 1 is 1.12 bits per heavy atom. The quantitative estimate of drug-likeness (QED) is 0.304. The standard InChI is InChI=1S/C19H42N4O2S/c1-9-20-18(21-12-10-13-23(16(2)3)17(4)5)22-15-19(6,7)11-14-26(8,24)25/h16-17H,9-15H2,1-8H3,(H2,20,21,22). The lowest BCUT2D eigenvalue weighted by molar-refractivity contribution is 0.173. The van der Waals surface area contributed by atoms with E-state index in [-0.39, 0.29) is 11.2 Å². The van der Waals surface area contributed by atoms with Crippen LogP contribution in [-0.4, -0.2) is 69.5 Å². The molecular weight excluding hydrogens is 348 g/mol. The predicted molar refractivity (Wildman–Crippen MR) is 114 cm³/mol. The highest BCUT2D eigenvalue weighted by Gasteiger charge is 2.20. The van der Waals surface area contributed by atoms with Crippen LogP contribution in [0.15, 0.2) is 4.99 Å². The molecule has 0 saturated heterocycles. The van der Waals surface area contributed by atoms with Crippen LogP contribution in [0.1, 0.15) is 61.3 Å². The van der Waals surface area contributed by atoms with E-state index in [1.807, 2.05) is 6.92 Å². The van der Waals surface area contributed by atoms with E-state index in [0.717, 1.165) is 32.0 Å². The molecule has 7 heteroatoms. The van der Waals surface area contributed by atoms with Crippen LogP contribution in [0.2, 0.25) is 0 Å². The second kappa shape index (κ2) is 11.8. The Morgan fingerprint density at radius 3 is 2.15 bits per heavy atom. The lowest BCUT2D eigenvalue weighted by atomic mass is 9.90. The first-order chi connectivity index (χ1) is 11.9. The fraction of sp³-hybridized carbons (Fsp3) is 0.947. The maximum atomic E-state index is 11.4. The summed E-state index contributed by atoms with van der Waals surface area (Å²) in [6, 6.07) is 1.10. The minimum Gasteiger partial charge on any atom is -0.357 e. The van der Waals surface area contributed by atoms with Gasteiger partial charge in [0.1, 0.15) is 9.84 Å². The summed E-state index contributed by atoms with van der Waals surface area (Å²) in [4.78, 5) is 7.14. The van der Waals surface area contributed by atoms with E-state index in [1.165, 1.54) is 6.26 Å². The lowest BCUT2D eigenvalue weighted by Gasteiger charge is -2.30. The highest BCUT2D eigenvalue weighted by Crippen LogP contribution is 2.21. The summed E-state index contributed by atoms with van der Waals surface area (Å²) in [6.45, 7) is 18.4. The van der Waals surface area contributed by atoms with E-state index in [4.69, 9.17) is 0 Å². The van der Waals surface area contributed by atoms with Gasteiger partial charge in [-0.15, -0.1) is 0 Å². The Balaban J connectivity index is 4.52. The molecule has 0 saturated carbocycles. The molecule has 0 spiro atoms. The van der Waals surface area contributed by atoms with Gasteiger partial charge in [0, 0.05) is 44.5 Å². The Hall–Kier alpha value is -0.820. The van der Waals surface area contributed by atoms with Crippen molar-refractivity contribution in [2.45, 2.75) is 73.4 Å². The second-order valence-electron chi connectivity index (χ2n) is 8.44. The molecule has 0 amide bonds. The van der Waals surface area contributed by atoms with Crippen LogP contribution in [0.3, 0.4) is 0 Å². The second-order valence-corrected chi connectivity index (χ2v) is 10.7. The third-order valence-electron chi connectivity index (χ3n) is 4.37. The van der Waals surface area contributed by atoms with E-state index >= 15 is 0 Å². The van der Waals surface area contributed by atoms with Crippen LogP contribution >= 0.6 is 0 Å². The molecule has 0 radical (unpaired) electrons. The van der Waals surface area contributed by atoms with Gasteiger partial charge in [-0.3, -0.25) is 9.89 Å². The van der Waals surface area contributed by atoms with Gasteiger partial charge in [0.25, 0.3) is 0 Å². The largest absolute Gasteiger partial charge is 0.357 e. The van der Waals surface area contributed by atoms with Gasteiger partial charge < -0.3 is 10.6 Å². The average Bonchev–Trinajstić information content (AvgIpc) is 2.49. The normalized spacial score (nSPS) is 13.7. The lowest BCUT2D eigenvalue weighted by Crippen LogP contribution is -2.41. The van der Waals surface area contributed by atoms with E-state index in [2.05, 4.69) is 62.1 Å². The summed E-state index contributed by atoms with van der Waals surface area (Å²) in [5, 5.41) is 6.66. The van der Waals surface area contributed by atoms with Crippen molar-refractivity contribution in [3.8, 4) is 0 Å². The van der Waals surface area contributed by atoms with Crippen LogP contribution in [0.5, 0.6) is 0 Å². The van der Waals surface area contributed by atoms with Crippen LogP contribution in [0.4, 0.5) is 0 Å².